The fourth-order valence-corrected chi connectivity index (χ4v) is 21.4. The van der Waals surface area contributed by atoms with Crippen molar-refractivity contribution in [2.75, 3.05) is 101 Å². The summed E-state index contributed by atoms with van der Waals surface area (Å²) in [6, 6.07) is 27.3. The summed E-state index contributed by atoms with van der Waals surface area (Å²) < 4.78 is 76.0. The molecule has 9 heterocycles. The van der Waals surface area contributed by atoms with Gasteiger partial charge in [0.1, 0.15) is 44.2 Å². The van der Waals surface area contributed by atoms with Crippen LogP contribution in [0.3, 0.4) is 0 Å². The van der Waals surface area contributed by atoms with Gasteiger partial charge in [-0.1, -0.05) is 39.0 Å². The molecule has 89 heavy (non-hydrogen) atoms. The summed E-state index contributed by atoms with van der Waals surface area (Å²) in [5.74, 6) is 11.9. The van der Waals surface area contributed by atoms with E-state index >= 15 is 0 Å². The maximum Gasteiger partial charge on any atom is 0.231 e. The lowest BCUT2D eigenvalue weighted by Gasteiger charge is -2.54. The van der Waals surface area contributed by atoms with Gasteiger partial charge < -0.3 is 70.3 Å². The second kappa shape index (κ2) is 20.2. The molecule has 0 fully saturated rings. The molecule has 464 valence electrons. The monoisotopic (exact) mass is 1250 g/mol. The number of hydrogen-bond acceptors (Lipinski definition) is 13. The van der Waals surface area contributed by atoms with E-state index in [4.69, 9.17) is 68.6 Å². The largest absolute Gasteiger partial charge is 0.454 e. The predicted octanol–water partition coefficient (Wildman–Crippen LogP) is 10.4. The van der Waals surface area contributed by atoms with Crippen LogP contribution in [0.1, 0.15) is 123 Å². The Morgan fingerprint density at radius 3 is 0.944 bits per heavy atom. The molecular formula is C69H78N6O12PS+3. The highest BCUT2D eigenvalue weighted by atomic mass is 32.4. The summed E-state index contributed by atoms with van der Waals surface area (Å²) in [5, 5.41) is 12.5. The molecule has 6 aromatic carbocycles. The fraction of sp³-hybridized carbons (Fsp3) is 0.478. The highest BCUT2D eigenvalue weighted by Crippen LogP contribution is 2.63. The number of nitrogens with one attached hydrogen (secondary N) is 3. The zero-order chi connectivity index (χ0) is 59.9. The smallest absolute Gasteiger partial charge is 0.231 e. The number of hydrogen-bond donors (Lipinski definition) is 3. The second-order valence-corrected chi connectivity index (χ2v) is 32.0. The molecule has 3 aliphatic carbocycles. The summed E-state index contributed by atoms with van der Waals surface area (Å²) >= 11 is 7.20. The fourth-order valence-electron chi connectivity index (χ4n) is 19.0. The molecule has 12 atom stereocenters. The standard InChI is InChI=1S/C69H78N6O12PS/c1-37-19-40-22-55-58(82-31-79-55)25-46(40)64-61(37)43-7-10-52-67(85-34-76-52)49(43)28-73(64,4)16-13-70-88(89,71-14-17-74(5)29-50-44(8-11-53-68(50)86-35-77-53)62-38(2)20-41-23-56-59(83-32-80-56)26-47(41)65(62)74)72-15-18-75(6)30-51-45(9-12-54-69(51)87-36-78-54)63-39(3)21-42-24-57-60(84-33-81-57)27-48(42)66(63)75/h7-12,22-27,37-39,61-66H,13-21,28-36H2,1-6H3,(H3,70,71,72,89)/q+3. The maximum atomic E-state index is 7.20. The molecular weight excluding hydrogens is 1170 g/mol. The third-order valence-corrected chi connectivity index (χ3v) is 26.1. The minimum absolute atomic E-state index is 0.139. The van der Waals surface area contributed by atoms with Gasteiger partial charge in [-0.05, 0) is 137 Å². The lowest BCUT2D eigenvalue weighted by molar-refractivity contribution is -0.956. The average molecular weight is 1250 g/mol. The Labute approximate surface area is 524 Å². The summed E-state index contributed by atoms with van der Waals surface area (Å²) in [5.41, 5.74) is 15.9. The summed E-state index contributed by atoms with van der Waals surface area (Å²) in [6.45, 7) is 12.5. The molecule has 6 aromatic rings. The lowest BCUT2D eigenvalue weighted by atomic mass is 9.66. The van der Waals surface area contributed by atoms with Gasteiger partial charge >= 0.3 is 0 Å². The molecule has 0 radical (unpaired) electrons. The van der Waals surface area contributed by atoms with Crippen LogP contribution in [0.15, 0.2) is 72.8 Å². The first-order chi connectivity index (χ1) is 43.2. The van der Waals surface area contributed by atoms with Crippen molar-refractivity contribution in [2.45, 2.75) is 95.5 Å². The first-order valence-electron chi connectivity index (χ1n) is 32.1. The van der Waals surface area contributed by atoms with E-state index in [1.54, 1.807) is 0 Å². The van der Waals surface area contributed by atoms with E-state index in [-0.39, 0.29) is 76.6 Å². The van der Waals surface area contributed by atoms with Crippen molar-refractivity contribution in [3.05, 3.63) is 140 Å². The highest BCUT2D eigenvalue weighted by molar-refractivity contribution is 8.11. The average Bonchev–Trinajstić information content (AvgIpc) is 1.63. The van der Waals surface area contributed by atoms with E-state index in [9.17, 15) is 0 Å². The van der Waals surface area contributed by atoms with Gasteiger partial charge in [-0.15, -0.1) is 0 Å². The van der Waals surface area contributed by atoms with Crippen molar-refractivity contribution in [2.24, 2.45) is 17.8 Å². The van der Waals surface area contributed by atoms with Crippen LogP contribution in [-0.4, -0.2) is 115 Å². The number of rotatable bonds is 12. The summed E-state index contributed by atoms with van der Waals surface area (Å²) in [4.78, 5) is 0. The third kappa shape index (κ3) is 8.50. The van der Waals surface area contributed by atoms with Gasteiger partial charge in [0.15, 0.2) is 69.0 Å². The summed E-state index contributed by atoms with van der Waals surface area (Å²) in [6.07, 6.45) is 2.83. The highest BCUT2D eigenvalue weighted by Gasteiger charge is 2.56. The van der Waals surface area contributed by atoms with E-state index in [0.29, 0.717) is 37.4 Å². The van der Waals surface area contributed by atoms with Crippen LogP contribution in [0.5, 0.6) is 69.0 Å². The number of ether oxygens (including phenoxy) is 12. The van der Waals surface area contributed by atoms with Gasteiger partial charge in [-0.2, -0.15) is 0 Å². The van der Waals surface area contributed by atoms with E-state index in [1.165, 1.54) is 66.8 Å². The molecule has 12 aliphatic rings. The van der Waals surface area contributed by atoms with Gasteiger partial charge in [-0.3, -0.25) is 15.3 Å². The normalized spacial score (nSPS) is 31.2. The molecule has 12 unspecified atom stereocenters. The lowest BCUT2D eigenvalue weighted by Crippen LogP contribution is -2.58. The topological polar surface area (TPSA) is 147 Å². The number of quaternary nitrogens is 3. The van der Waals surface area contributed by atoms with E-state index in [2.05, 4.69) is 130 Å². The molecule has 0 aromatic heterocycles. The molecule has 0 saturated heterocycles. The van der Waals surface area contributed by atoms with Gasteiger partial charge in [0.25, 0.3) is 0 Å². The van der Waals surface area contributed by atoms with Gasteiger partial charge in [0, 0.05) is 34.4 Å². The molecule has 0 saturated carbocycles. The molecule has 0 bridgehead atoms. The first kappa shape index (κ1) is 55.2. The Morgan fingerprint density at radius 2 is 0.640 bits per heavy atom. The Balaban J connectivity index is 0.697. The van der Waals surface area contributed by atoms with Crippen molar-refractivity contribution in [1.82, 2.24) is 15.3 Å². The zero-order valence-corrected chi connectivity index (χ0v) is 53.2. The van der Waals surface area contributed by atoms with Crippen LogP contribution < -0.4 is 72.1 Å². The van der Waals surface area contributed by atoms with E-state index in [1.807, 2.05) is 0 Å². The maximum absolute atomic E-state index is 7.20. The van der Waals surface area contributed by atoms with Crippen LogP contribution in [0, 0.1) is 17.8 Å². The number of nitrogens with zero attached hydrogens (tertiary/aromatic N) is 3. The number of fused-ring (bicyclic) bond motifs is 24. The third-order valence-electron chi connectivity index (χ3n) is 22.9. The first-order valence-corrected chi connectivity index (χ1v) is 34.9. The van der Waals surface area contributed by atoms with Gasteiger partial charge in [0.05, 0.1) is 77.1 Å². The zero-order valence-electron chi connectivity index (χ0n) is 51.4. The molecule has 0 spiro atoms. The Kier molecular flexibility index (Phi) is 12.5. The Bertz CT molecular complexity index is 3640. The van der Waals surface area contributed by atoms with Crippen molar-refractivity contribution in [3.63, 3.8) is 0 Å². The number of likely N-dealkylation sites (N-methyl/N-ethyl adjacent to an activating group) is 3. The molecule has 0 amide bonds. The molecule has 3 N–H and O–H groups in total. The SMILES string of the molecule is CC1Cc2cc3c(cc2C2C1c1ccc4c(c1C[N+]2(C)CCNP(=S)(NCC[N+]1(C)Cc2c(ccc5c2OCO5)C2C(C)Cc5cc6c(cc5C21)OCO6)NCC[N+]1(C)Cc2c(ccc5c2OCO5)C2C(C)Cc5cc6c(cc5C21)OCO6)OCO4)OCO3. The molecule has 18 rings (SSSR count). The van der Waals surface area contributed by atoms with Gasteiger partial charge in [-0.25, -0.2) is 0 Å². The summed E-state index contributed by atoms with van der Waals surface area (Å²) in [7, 11) is 7.34. The van der Waals surface area contributed by atoms with Crippen LogP contribution in [0.2, 0.25) is 0 Å². The van der Waals surface area contributed by atoms with Crippen molar-refractivity contribution in [1.29, 1.82) is 0 Å². The van der Waals surface area contributed by atoms with Gasteiger partial charge in [0.2, 0.25) is 40.8 Å². The quantitative estimate of drug-likeness (QED) is 0.0788. The van der Waals surface area contributed by atoms with Crippen LogP contribution >= 0.6 is 6.49 Å². The van der Waals surface area contributed by atoms with E-state index < -0.39 is 6.49 Å². The van der Waals surface area contributed by atoms with Crippen LogP contribution in [0.25, 0.3) is 0 Å². The number of benzene rings is 6. The molecule has 18 nitrogen and oxygen atoms in total. The van der Waals surface area contributed by atoms with E-state index in [0.717, 1.165) is 141 Å². The minimum Gasteiger partial charge on any atom is -0.454 e. The Morgan fingerprint density at radius 1 is 0.371 bits per heavy atom. The Hall–Kier alpha value is -6.67. The van der Waals surface area contributed by atoms with Crippen molar-refractivity contribution >= 4 is 18.3 Å². The molecule has 20 heteroatoms. The van der Waals surface area contributed by atoms with Crippen molar-refractivity contribution in [3.8, 4) is 69.0 Å². The van der Waals surface area contributed by atoms with Crippen molar-refractivity contribution < 1.29 is 70.3 Å². The predicted molar refractivity (Wildman–Crippen MR) is 333 cm³/mol. The van der Waals surface area contributed by atoms with Crippen LogP contribution in [0.4, 0.5) is 0 Å². The van der Waals surface area contributed by atoms with Crippen LogP contribution in [-0.2, 0) is 50.7 Å². The second-order valence-electron chi connectivity index (χ2n) is 28.2. The minimum atomic E-state index is -2.82. The molecule has 9 aliphatic heterocycles.